The third-order valence-corrected chi connectivity index (χ3v) is 3.03. The molecule has 2 nitrogen and oxygen atoms in total. The van der Waals surface area contributed by atoms with Gasteiger partial charge in [-0.25, -0.2) is 0 Å². The Morgan fingerprint density at radius 3 is 2.65 bits per heavy atom. The molecule has 1 aliphatic rings. The van der Waals surface area contributed by atoms with Gasteiger partial charge in [-0.2, -0.15) is 13.2 Å². The summed E-state index contributed by atoms with van der Waals surface area (Å²) in [5, 5.41) is 3.42. The standard InChI is InChI=1S/C12H23F3N2/c1-10(2)8-11-9-17(6-3-5-16-11)7-4-12(13,14)15/h10-11,16H,3-9H2,1-2H3. The first-order valence-corrected chi connectivity index (χ1v) is 6.39. The summed E-state index contributed by atoms with van der Waals surface area (Å²) >= 11 is 0. The molecule has 5 heteroatoms. The van der Waals surface area contributed by atoms with E-state index in [4.69, 9.17) is 0 Å². The Kier molecular flexibility index (Phi) is 5.73. The van der Waals surface area contributed by atoms with Crippen LogP contribution in [0.4, 0.5) is 13.2 Å². The Morgan fingerprint density at radius 1 is 1.35 bits per heavy atom. The number of alkyl halides is 3. The monoisotopic (exact) mass is 252 g/mol. The molecule has 1 aliphatic heterocycles. The molecule has 0 aromatic heterocycles. The van der Waals surface area contributed by atoms with Crippen LogP contribution in [-0.2, 0) is 0 Å². The quantitative estimate of drug-likeness (QED) is 0.827. The van der Waals surface area contributed by atoms with Gasteiger partial charge in [-0.3, -0.25) is 0 Å². The van der Waals surface area contributed by atoms with E-state index in [1.165, 1.54) is 0 Å². The Labute approximate surface area is 102 Å². The Bertz CT molecular complexity index is 216. The van der Waals surface area contributed by atoms with E-state index in [1.54, 1.807) is 0 Å². The normalized spacial score (nSPS) is 24.0. The van der Waals surface area contributed by atoms with Crippen molar-refractivity contribution in [3.8, 4) is 0 Å². The van der Waals surface area contributed by atoms with Crippen molar-refractivity contribution >= 4 is 0 Å². The molecule has 1 rings (SSSR count). The highest BCUT2D eigenvalue weighted by atomic mass is 19.4. The van der Waals surface area contributed by atoms with Crippen LogP contribution in [0.3, 0.4) is 0 Å². The first-order chi connectivity index (χ1) is 7.87. The number of hydrogen-bond donors (Lipinski definition) is 1. The minimum absolute atomic E-state index is 0.139. The second-order valence-electron chi connectivity index (χ2n) is 5.30. The number of halogens is 3. The molecule has 0 saturated carbocycles. The lowest BCUT2D eigenvalue weighted by molar-refractivity contribution is -0.138. The molecule has 1 heterocycles. The van der Waals surface area contributed by atoms with Gasteiger partial charge in [0, 0.05) is 19.1 Å². The summed E-state index contributed by atoms with van der Waals surface area (Å²) in [6, 6.07) is 0.339. The van der Waals surface area contributed by atoms with Gasteiger partial charge in [0.2, 0.25) is 0 Å². The summed E-state index contributed by atoms with van der Waals surface area (Å²) in [6.45, 7) is 6.87. The van der Waals surface area contributed by atoms with Crippen LogP contribution in [-0.4, -0.2) is 43.3 Å². The maximum atomic E-state index is 12.2. The highest BCUT2D eigenvalue weighted by molar-refractivity contribution is 4.77. The summed E-state index contributed by atoms with van der Waals surface area (Å²) in [5.41, 5.74) is 0. The predicted molar refractivity (Wildman–Crippen MR) is 63.0 cm³/mol. The number of nitrogens with zero attached hydrogens (tertiary/aromatic N) is 1. The highest BCUT2D eigenvalue weighted by Crippen LogP contribution is 2.20. The van der Waals surface area contributed by atoms with Gasteiger partial charge in [0.1, 0.15) is 0 Å². The molecule has 1 N–H and O–H groups in total. The van der Waals surface area contributed by atoms with Crippen molar-refractivity contribution in [3.05, 3.63) is 0 Å². The number of rotatable bonds is 4. The molecule has 0 spiro atoms. The lowest BCUT2D eigenvalue weighted by Crippen LogP contribution is -2.39. The van der Waals surface area contributed by atoms with E-state index >= 15 is 0 Å². The Balaban J connectivity index is 2.37. The summed E-state index contributed by atoms with van der Waals surface area (Å²) < 4.78 is 36.5. The van der Waals surface area contributed by atoms with E-state index in [0.29, 0.717) is 12.0 Å². The second kappa shape index (κ2) is 6.59. The minimum Gasteiger partial charge on any atom is -0.313 e. The van der Waals surface area contributed by atoms with Gasteiger partial charge in [-0.05, 0) is 31.8 Å². The third kappa shape index (κ3) is 6.88. The van der Waals surface area contributed by atoms with Crippen LogP contribution in [0.2, 0.25) is 0 Å². The lowest BCUT2D eigenvalue weighted by Gasteiger charge is -2.25. The smallest absolute Gasteiger partial charge is 0.313 e. The van der Waals surface area contributed by atoms with Crippen molar-refractivity contribution in [3.63, 3.8) is 0 Å². The zero-order valence-corrected chi connectivity index (χ0v) is 10.7. The van der Waals surface area contributed by atoms with E-state index in [-0.39, 0.29) is 6.54 Å². The molecule has 1 fully saturated rings. The van der Waals surface area contributed by atoms with Gasteiger partial charge in [0.15, 0.2) is 0 Å². The van der Waals surface area contributed by atoms with Gasteiger partial charge >= 0.3 is 6.18 Å². The van der Waals surface area contributed by atoms with Gasteiger partial charge in [-0.15, -0.1) is 0 Å². The van der Waals surface area contributed by atoms with E-state index in [2.05, 4.69) is 19.2 Å². The summed E-state index contributed by atoms with van der Waals surface area (Å²) in [4.78, 5) is 1.94. The third-order valence-electron chi connectivity index (χ3n) is 3.03. The summed E-state index contributed by atoms with van der Waals surface area (Å²) in [5.74, 6) is 0.579. The number of nitrogens with one attached hydrogen (secondary N) is 1. The van der Waals surface area contributed by atoms with Crippen molar-refractivity contribution in [1.29, 1.82) is 0 Å². The Morgan fingerprint density at radius 2 is 2.06 bits per heavy atom. The molecule has 102 valence electrons. The predicted octanol–water partition coefficient (Wildman–Crippen LogP) is 2.65. The molecule has 0 bridgehead atoms. The topological polar surface area (TPSA) is 15.3 Å². The van der Waals surface area contributed by atoms with E-state index in [9.17, 15) is 13.2 Å². The molecule has 1 atom stereocenters. The largest absolute Gasteiger partial charge is 0.390 e. The van der Waals surface area contributed by atoms with Crippen molar-refractivity contribution < 1.29 is 13.2 Å². The molecular formula is C12H23F3N2. The molecule has 0 aliphatic carbocycles. The maximum Gasteiger partial charge on any atom is 0.390 e. The average Bonchev–Trinajstić information content (AvgIpc) is 2.38. The van der Waals surface area contributed by atoms with Crippen molar-refractivity contribution in [2.75, 3.05) is 26.2 Å². The number of hydrogen-bond acceptors (Lipinski definition) is 2. The van der Waals surface area contributed by atoms with Crippen LogP contribution in [0.25, 0.3) is 0 Å². The fourth-order valence-corrected chi connectivity index (χ4v) is 2.29. The molecule has 0 radical (unpaired) electrons. The van der Waals surface area contributed by atoms with Crippen LogP contribution >= 0.6 is 0 Å². The van der Waals surface area contributed by atoms with Gasteiger partial charge < -0.3 is 10.2 Å². The zero-order chi connectivity index (χ0) is 12.9. The first kappa shape index (κ1) is 14.8. The van der Waals surface area contributed by atoms with Crippen molar-refractivity contribution in [2.45, 2.75) is 45.3 Å². The van der Waals surface area contributed by atoms with E-state index in [0.717, 1.165) is 32.5 Å². The summed E-state index contributed by atoms with van der Waals surface area (Å²) in [6.07, 6.45) is -2.76. The fraction of sp³-hybridized carbons (Fsp3) is 1.00. The van der Waals surface area contributed by atoms with Crippen LogP contribution in [0.5, 0.6) is 0 Å². The van der Waals surface area contributed by atoms with Crippen LogP contribution in [0.1, 0.15) is 33.1 Å². The summed E-state index contributed by atoms with van der Waals surface area (Å²) in [7, 11) is 0. The highest BCUT2D eigenvalue weighted by Gasteiger charge is 2.28. The minimum atomic E-state index is -4.03. The SMILES string of the molecule is CC(C)CC1CN(CCC(F)(F)F)CCCN1. The van der Waals surface area contributed by atoms with Gasteiger partial charge in [0.05, 0.1) is 6.42 Å². The van der Waals surface area contributed by atoms with Gasteiger partial charge in [-0.1, -0.05) is 13.8 Å². The molecule has 1 saturated heterocycles. The molecule has 17 heavy (non-hydrogen) atoms. The van der Waals surface area contributed by atoms with Crippen LogP contribution < -0.4 is 5.32 Å². The van der Waals surface area contributed by atoms with Gasteiger partial charge in [0.25, 0.3) is 0 Å². The Hall–Kier alpha value is -0.290. The lowest BCUT2D eigenvalue weighted by atomic mass is 10.0. The first-order valence-electron chi connectivity index (χ1n) is 6.39. The fourth-order valence-electron chi connectivity index (χ4n) is 2.29. The van der Waals surface area contributed by atoms with Crippen molar-refractivity contribution in [2.24, 2.45) is 5.92 Å². The van der Waals surface area contributed by atoms with E-state index < -0.39 is 12.6 Å². The molecule has 0 aromatic rings. The molecule has 0 aromatic carbocycles. The van der Waals surface area contributed by atoms with Crippen LogP contribution in [0.15, 0.2) is 0 Å². The maximum absolute atomic E-state index is 12.2. The molecule has 0 amide bonds. The van der Waals surface area contributed by atoms with Crippen molar-refractivity contribution in [1.82, 2.24) is 10.2 Å². The average molecular weight is 252 g/mol. The molecule has 1 unspecified atom stereocenters. The van der Waals surface area contributed by atoms with Crippen LogP contribution in [0, 0.1) is 5.92 Å². The molecular weight excluding hydrogens is 229 g/mol. The zero-order valence-electron chi connectivity index (χ0n) is 10.7. The second-order valence-corrected chi connectivity index (χ2v) is 5.30. The van der Waals surface area contributed by atoms with E-state index in [1.807, 2.05) is 4.90 Å².